The van der Waals surface area contributed by atoms with Gasteiger partial charge in [-0.2, -0.15) is 0 Å². The number of benzene rings is 2. The summed E-state index contributed by atoms with van der Waals surface area (Å²) >= 11 is 0. The fourth-order valence-electron chi connectivity index (χ4n) is 7.99. The number of aryl methyl sites for hydroxylation is 2. The van der Waals surface area contributed by atoms with Crippen LogP contribution in [0.2, 0.25) is 0 Å². The van der Waals surface area contributed by atoms with Gasteiger partial charge in [0, 0.05) is 0 Å². The predicted octanol–water partition coefficient (Wildman–Crippen LogP) is 15.2. The van der Waals surface area contributed by atoms with E-state index in [2.05, 4.69) is 13.8 Å². The van der Waals surface area contributed by atoms with Gasteiger partial charge in [0.15, 0.2) is 0 Å². The van der Waals surface area contributed by atoms with E-state index in [-0.39, 0.29) is 32.8 Å². The molecule has 0 saturated heterocycles. The van der Waals surface area contributed by atoms with Crippen molar-refractivity contribution in [3.63, 3.8) is 0 Å². The minimum atomic E-state index is -4.36. The van der Waals surface area contributed by atoms with Crippen LogP contribution in [0.3, 0.4) is 0 Å². The normalized spacial score (nSPS) is 11.6. The van der Waals surface area contributed by atoms with Gasteiger partial charge in [-0.3, -0.25) is 0 Å². The molecular formula is C50H86MgO6S2. The second kappa shape index (κ2) is 39.8. The van der Waals surface area contributed by atoms with Crippen LogP contribution in [-0.2, 0) is 33.1 Å². The van der Waals surface area contributed by atoms with Crippen molar-refractivity contribution in [2.45, 2.75) is 255 Å². The van der Waals surface area contributed by atoms with Gasteiger partial charge in [0.25, 0.3) is 0 Å². The Labute approximate surface area is 381 Å². The van der Waals surface area contributed by atoms with Crippen molar-refractivity contribution < 1.29 is 25.9 Å². The first-order chi connectivity index (χ1) is 28.1. The van der Waals surface area contributed by atoms with E-state index in [1.54, 1.807) is 36.4 Å². The molecule has 9 heteroatoms. The third-order valence-electron chi connectivity index (χ3n) is 11.6. The molecule has 2 aromatic carbocycles. The Morgan fingerprint density at radius 2 is 0.508 bits per heavy atom. The fourth-order valence-corrected chi connectivity index (χ4v) is 9.46. The van der Waals surface area contributed by atoms with Crippen molar-refractivity contribution in [1.29, 1.82) is 0 Å². The molecule has 0 bridgehead atoms. The largest absolute Gasteiger partial charge is 2.00 e. The molecule has 0 amide bonds. The number of unbranched alkanes of at least 4 members (excludes halogenated alkanes) is 32. The van der Waals surface area contributed by atoms with Crippen molar-refractivity contribution in [3.05, 3.63) is 59.7 Å². The van der Waals surface area contributed by atoms with E-state index >= 15 is 0 Å². The van der Waals surface area contributed by atoms with E-state index in [0.29, 0.717) is 24.0 Å². The summed E-state index contributed by atoms with van der Waals surface area (Å²) in [4.78, 5) is -0.0898. The molecule has 0 spiro atoms. The monoisotopic (exact) mass is 871 g/mol. The molecule has 0 heterocycles. The van der Waals surface area contributed by atoms with Crippen molar-refractivity contribution >= 4 is 43.3 Å². The summed E-state index contributed by atoms with van der Waals surface area (Å²) in [5.41, 5.74) is 1.34. The molecule has 2 aromatic rings. The SMILES string of the molecule is CCCCCCCCCCCCCCCCCCCc1ccccc1S(=O)(=O)[O-].CCCCCCCCCCCCCCCCCCCc1ccccc1S(=O)(=O)[O-].[Mg+2]. The third kappa shape index (κ3) is 34.2. The van der Waals surface area contributed by atoms with E-state index in [4.69, 9.17) is 0 Å². The summed E-state index contributed by atoms with van der Waals surface area (Å²) in [7, 11) is -8.71. The summed E-state index contributed by atoms with van der Waals surface area (Å²) in [6.45, 7) is 4.54. The van der Waals surface area contributed by atoms with Crippen LogP contribution in [-0.4, -0.2) is 49.0 Å². The molecule has 6 nitrogen and oxygen atoms in total. The average Bonchev–Trinajstić information content (AvgIpc) is 3.20. The van der Waals surface area contributed by atoms with Gasteiger partial charge in [0.1, 0.15) is 20.2 Å². The molecule has 0 aliphatic rings. The van der Waals surface area contributed by atoms with E-state index in [0.717, 1.165) is 25.7 Å². The van der Waals surface area contributed by atoms with Crippen LogP contribution < -0.4 is 0 Å². The Bertz CT molecular complexity index is 1340. The maximum atomic E-state index is 11.3. The second-order valence-electron chi connectivity index (χ2n) is 16.9. The molecule has 0 aliphatic heterocycles. The van der Waals surface area contributed by atoms with Crippen LogP contribution in [0.5, 0.6) is 0 Å². The first-order valence-electron chi connectivity index (χ1n) is 24.2. The van der Waals surface area contributed by atoms with Crippen molar-refractivity contribution in [2.24, 2.45) is 0 Å². The summed E-state index contributed by atoms with van der Waals surface area (Å²) < 4.78 is 67.7. The van der Waals surface area contributed by atoms with Crippen LogP contribution in [0, 0.1) is 0 Å². The zero-order valence-electron chi connectivity index (χ0n) is 38.0. The number of rotatable bonds is 38. The number of hydrogen-bond acceptors (Lipinski definition) is 6. The smallest absolute Gasteiger partial charge is 0.744 e. The fraction of sp³-hybridized carbons (Fsp3) is 0.760. The minimum absolute atomic E-state index is 0. The molecule has 0 aromatic heterocycles. The summed E-state index contributed by atoms with van der Waals surface area (Å²) in [5.74, 6) is 0. The Morgan fingerprint density at radius 3 is 0.712 bits per heavy atom. The Kier molecular flexibility index (Phi) is 39.2. The zero-order valence-corrected chi connectivity index (χ0v) is 41.1. The summed E-state index contributed by atoms with van der Waals surface area (Å²) in [5, 5.41) is 0. The molecule has 0 atom stereocenters. The molecule has 0 aliphatic carbocycles. The Hall–Kier alpha value is -0.974. The number of hydrogen-bond donors (Lipinski definition) is 0. The van der Waals surface area contributed by atoms with E-state index in [1.165, 1.54) is 205 Å². The van der Waals surface area contributed by atoms with E-state index in [1.807, 2.05) is 0 Å². The molecule has 336 valence electrons. The third-order valence-corrected chi connectivity index (χ3v) is 13.5. The molecular weight excluding hydrogens is 785 g/mol. The van der Waals surface area contributed by atoms with Gasteiger partial charge in [-0.1, -0.05) is 256 Å². The standard InChI is InChI=1S/2C25H44O3S.Mg/c2*1-2-3-4-5-6-7-8-9-10-11-12-13-14-15-16-17-18-21-24-22-19-20-23-25(24)29(26,27)28;/h2*19-20,22-23H,2-18,21H2,1H3,(H,26,27,28);/q;;+2/p-2. The molecule has 0 N–H and O–H groups in total. The topological polar surface area (TPSA) is 114 Å². The minimum Gasteiger partial charge on any atom is -0.744 e. The van der Waals surface area contributed by atoms with Gasteiger partial charge in [0.2, 0.25) is 0 Å². The van der Waals surface area contributed by atoms with Crippen LogP contribution in [0.4, 0.5) is 0 Å². The Balaban J connectivity index is 0.00000112. The van der Waals surface area contributed by atoms with Gasteiger partial charge in [-0.25, -0.2) is 16.8 Å². The van der Waals surface area contributed by atoms with Crippen molar-refractivity contribution in [2.75, 3.05) is 0 Å². The van der Waals surface area contributed by atoms with Gasteiger partial charge in [-0.15, -0.1) is 0 Å². The van der Waals surface area contributed by atoms with E-state index in [9.17, 15) is 25.9 Å². The molecule has 59 heavy (non-hydrogen) atoms. The summed E-state index contributed by atoms with van der Waals surface area (Å²) in [6, 6.07) is 13.2. The molecule has 0 fully saturated rings. The van der Waals surface area contributed by atoms with Crippen LogP contribution in [0.1, 0.15) is 243 Å². The van der Waals surface area contributed by atoms with Crippen molar-refractivity contribution in [1.82, 2.24) is 0 Å². The first-order valence-corrected chi connectivity index (χ1v) is 27.0. The molecule has 0 radical (unpaired) electrons. The van der Waals surface area contributed by atoms with Crippen molar-refractivity contribution in [3.8, 4) is 0 Å². The van der Waals surface area contributed by atoms with Crippen LogP contribution >= 0.6 is 0 Å². The predicted molar refractivity (Wildman–Crippen MR) is 250 cm³/mol. The maximum absolute atomic E-state index is 11.3. The maximum Gasteiger partial charge on any atom is 2.00 e. The molecule has 2 rings (SSSR count). The van der Waals surface area contributed by atoms with Gasteiger partial charge < -0.3 is 9.11 Å². The van der Waals surface area contributed by atoms with Crippen LogP contribution in [0.15, 0.2) is 58.3 Å². The van der Waals surface area contributed by atoms with Gasteiger partial charge in [-0.05, 0) is 48.9 Å². The zero-order chi connectivity index (χ0) is 42.4. The molecule has 0 unspecified atom stereocenters. The average molecular weight is 872 g/mol. The first kappa shape index (κ1) is 58.0. The Morgan fingerprint density at radius 1 is 0.322 bits per heavy atom. The van der Waals surface area contributed by atoms with E-state index < -0.39 is 20.2 Å². The molecule has 0 saturated carbocycles. The summed E-state index contributed by atoms with van der Waals surface area (Å²) in [6.07, 6.45) is 46.5. The van der Waals surface area contributed by atoms with Crippen LogP contribution in [0.25, 0.3) is 0 Å². The van der Waals surface area contributed by atoms with Gasteiger partial charge in [0.05, 0.1) is 9.79 Å². The quantitative estimate of drug-likeness (QED) is 0.0377. The van der Waals surface area contributed by atoms with Gasteiger partial charge >= 0.3 is 23.1 Å². The second-order valence-corrected chi connectivity index (χ2v) is 19.6.